The van der Waals surface area contributed by atoms with Crippen LogP contribution in [0, 0.1) is 11.8 Å². The van der Waals surface area contributed by atoms with Crippen LogP contribution in [0.15, 0.2) is 66.4 Å². The van der Waals surface area contributed by atoms with E-state index in [0.29, 0.717) is 18.3 Å². The monoisotopic (exact) mass is 374 g/mol. The zero-order chi connectivity index (χ0) is 20.5. The quantitative estimate of drug-likeness (QED) is 0.323. The van der Waals surface area contributed by atoms with E-state index in [1.54, 1.807) is 0 Å². The molecule has 0 aliphatic heterocycles. The van der Waals surface area contributed by atoms with Crippen LogP contribution in [0.25, 0.3) is 0 Å². The number of hydrogen-bond donors (Lipinski definition) is 0. The fraction of sp³-hybridized carbons (Fsp3) is 0.407. The summed E-state index contributed by atoms with van der Waals surface area (Å²) in [6, 6.07) is 17.0. The van der Waals surface area contributed by atoms with Crippen molar-refractivity contribution < 1.29 is 4.79 Å². The summed E-state index contributed by atoms with van der Waals surface area (Å²) in [5.74, 6) is 1.11. The average Bonchev–Trinajstić information content (AvgIpc) is 2.73. The molecule has 0 heterocycles. The number of rotatable bonds is 10. The molecule has 2 unspecified atom stereocenters. The van der Waals surface area contributed by atoms with Gasteiger partial charge in [-0.3, -0.25) is 4.79 Å². The van der Waals surface area contributed by atoms with Gasteiger partial charge in [-0.15, -0.1) is 5.73 Å². The number of allylic oxidation sites excluding steroid dienone is 1. The van der Waals surface area contributed by atoms with Crippen molar-refractivity contribution in [3.63, 3.8) is 0 Å². The van der Waals surface area contributed by atoms with Crippen LogP contribution in [0.4, 0.5) is 0 Å². The van der Waals surface area contributed by atoms with E-state index in [0.717, 1.165) is 36.8 Å². The Hall–Kier alpha value is -2.37. The molecule has 0 spiro atoms. The third kappa shape index (κ3) is 5.57. The summed E-state index contributed by atoms with van der Waals surface area (Å²) in [5.41, 5.74) is 9.15. The molecule has 0 saturated carbocycles. The summed E-state index contributed by atoms with van der Waals surface area (Å²) in [7, 11) is 0. The van der Waals surface area contributed by atoms with Crippen LogP contribution in [-0.2, 0) is 19.3 Å². The third-order valence-electron chi connectivity index (χ3n) is 5.81. The first-order valence-corrected chi connectivity index (χ1v) is 10.6. The van der Waals surface area contributed by atoms with Gasteiger partial charge in [0.1, 0.15) is 0 Å². The molecule has 0 amide bonds. The molecule has 1 nitrogen and oxygen atoms in total. The lowest BCUT2D eigenvalue weighted by molar-refractivity contribution is 0.0987. The van der Waals surface area contributed by atoms with Crippen LogP contribution >= 0.6 is 0 Å². The molecule has 2 aromatic carbocycles. The number of aryl methyl sites for hydroxylation is 1. The first-order chi connectivity index (χ1) is 13.5. The number of benzene rings is 2. The molecule has 0 aromatic heterocycles. The Kier molecular flexibility index (Phi) is 8.48. The topological polar surface area (TPSA) is 17.1 Å². The molecule has 0 aliphatic rings. The van der Waals surface area contributed by atoms with Crippen LogP contribution in [0.5, 0.6) is 0 Å². The second kappa shape index (κ2) is 10.8. The van der Waals surface area contributed by atoms with Crippen molar-refractivity contribution >= 4 is 5.78 Å². The second-order valence-electron chi connectivity index (χ2n) is 7.68. The highest BCUT2D eigenvalue weighted by Gasteiger charge is 2.22. The summed E-state index contributed by atoms with van der Waals surface area (Å²) >= 11 is 0. The SMILES string of the molecule is C=C=C(Cc1ccccc1C(=O)CC)C(CC)C(C)Cc1ccc(CC)cc1. The van der Waals surface area contributed by atoms with Gasteiger partial charge in [0.05, 0.1) is 0 Å². The van der Waals surface area contributed by atoms with Gasteiger partial charge in [0, 0.05) is 18.4 Å². The van der Waals surface area contributed by atoms with E-state index in [1.807, 2.05) is 25.1 Å². The van der Waals surface area contributed by atoms with Crippen molar-refractivity contribution in [2.75, 3.05) is 0 Å². The molecule has 2 rings (SSSR count). The maximum atomic E-state index is 12.3. The first-order valence-electron chi connectivity index (χ1n) is 10.6. The van der Waals surface area contributed by atoms with Crippen LogP contribution in [-0.4, -0.2) is 5.78 Å². The van der Waals surface area contributed by atoms with Crippen molar-refractivity contribution in [3.05, 3.63) is 88.7 Å². The number of Topliss-reactive ketones (excluding diaryl/α,β-unsaturated/α-hetero) is 1. The lowest BCUT2D eigenvalue weighted by atomic mass is 9.79. The van der Waals surface area contributed by atoms with Crippen molar-refractivity contribution in [1.82, 2.24) is 0 Å². The van der Waals surface area contributed by atoms with Crippen molar-refractivity contribution in [2.24, 2.45) is 11.8 Å². The predicted molar refractivity (Wildman–Crippen MR) is 120 cm³/mol. The Morgan fingerprint density at radius 2 is 1.64 bits per heavy atom. The van der Waals surface area contributed by atoms with E-state index < -0.39 is 0 Å². The van der Waals surface area contributed by atoms with E-state index in [-0.39, 0.29) is 5.78 Å². The Bertz CT molecular complexity index is 822. The summed E-state index contributed by atoms with van der Waals surface area (Å²) < 4.78 is 0. The summed E-state index contributed by atoms with van der Waals surface area (Å²) in [6.45, 7) is 12.7. The van der Waals surface area contributed by atoms with E-state index >= 15 is 0 Å². The van der Waals surface area contributed by atoms with E-state index in [1.165, 1.54) is 16.7 Å². The molecule has 0 bridgehead atoms. The molecule has 0 fully saturated rings. The molecule has 0 N–H and O–H groups in total. The van der Waals surface area contributed by atoms with Gasteiger partial charge in [0.2, 0.25) is 0 Å². The van der Waals surface area contributed by atoms with Crippen LogP contribution in [0.1, 0.15) is 67.6 Å². The maximum Gasteiger partial charge on any atom is 0.162 e. The number of hydrogen-bond acceptors (Lipinski definition) is 1. The molecule has 28 heavy (non-hydrogen) atoms. The van der Waals surface area contributed by atoms with Gasteiger partial charge in [-0.2, -0.15) is 0 Å². The Balaban J connectivity index is 2.19. The van der Waals surface area contributed by atoms with Gasteiger partial charge < -0.3 is 0 Å². The zero-order valence-electron chi connectivity index (χ0n) is 17.9. The van der Waals surface area contributed by atoms with Gasteiger partial charge in [-0.25, -0.2) is 0 Å². The maximum absolute atomic E-state index is 12.3. The lowest BCUT2D eigenvalue weighted by Gasteiger charge is -2.25. The second-order valence-corrected chi connectivity index (χ2v) is 7.68. The number of carbonyl (C=O) groups is 1. The zero-order valence-corrected chi connectivity index (χ0v) is 17.9. The highest BCUT2D eigenvalue weighted by molar-refractivity contribution is 5.97. The summed E-state index contributed by atoms with van der Waals surface area (Å²) in [6.07, 6.45) is 4.46. The Morgan fingerprint density at radius 3 is 2.21 bits per heavy atom. The lowest BCUT2D eigenvalue weighted by Crippen LogP contribution is -2.18. The summed E-state index contributed by atoms with van der Waals surface area (Å²) in [4.78, 5) is 12.3. The van der Waals surface area contributed by atoms with Crippen molar-refractivity contribution in [3.8, 4) is 0 Å². The van der Waals surface area contributed by atoms with Gasteiger partial charge in [0.25, 0.3) is 0 Å². The van der Waals surface area contributed by atoms with Crippen LogP contribution < -0.4 is 0 Å². The molecule has 1 heteroatoms. The fourth-order valence-electron chi connectivity index (χ4n) is 4.08. The van der Waals surface area contributed by atoms with E-state index in [4.69, 9.17) is 0 Å². The van der Waals surface area contributed by atoms with Gasteiger partial charge in [-0.1, -0.05) is 82.8 Å². The Labute approximate surface area is 171 Å². The van der Waals surface area contributed by atoms with Crippen LogP contribution in [0.3, 0.4) is 0 Å². The molecule has 148 valence electrons. The molecule has 2 aromatic rings. The van der Waals surface area contributed by atoms with Crippen molar-refractivity contribution in [1.29, 1.82) is 0 Å². The van der Waals surface area contributed by atoms with E-state index in [9.17, 15) is 4.79 Å². The minimum absolute atomic E-state index is 0.205. The standard InChI is InChI=1S/C27H34O/c1-6-21-14-16-22(17-15-21)18-20(5)25(8-3)23(7-2)19-24-12-10-11-13-26(24)27(28)9-4/h10-17,20,25H,2,6,8-9,18-19H2,1,3-5H3. The van der Waals surface area contributed by atoms with Crippen molar-refractivity contribution in [2.45, 2.75) is 59.8 Å². The fourth-order valence-corrected chi connectivity index (χ4v) is 4.08. The average molecular weight is 375 g/mol. The van der Waals surface area contributed by atoms with Gasteiger partial charge >= 0.3 is 0 Å². The molecule has 0 saturated heterocycles. The normalized spacial score (nSPS) is 12.9. The first kappa shape index (κ1) is 21.9. The minimum atomic E-state index is 0.205. The largest absolute Gasteiger partial charge is 0.294 e. The molecular formula is C27H34O. The Morgan fingerprint density at radius 1 is 1.00 bits per heavy atom. The summed E-state index contributed by atoms with van der Waals surface area (Å²) in [5, 5.41) is 0. The highest BCUT2D eigenvalue weighted by Crippen LogP contribution is 2.30. The molecule has 0 aliphatic carbocycles. The molecule has 0 radical (unpaired) electrons. The number of carbonyl (C=O) groups excluding carboxylic acids is 1. The highest BCUT2D eigenvalue weighted by atomic mass is 16.1. The van der Waals surface area contributed by atoms with Crippen LogP contribution in [0.2, 0.25) is 0 Å². The smallest absolute Gasteiger partial charge is 0.162 e. The molecular weight excluding hydrogens is 340 g/mol. The predicted octanol–water partition coefficient (Wildman–Crippen LogP) is 7.00. The molecule has 2 atom stereocenters. The minimum Gasteiger partial charge on any atom is -0.294 e. The van der Waals surface area contributed by atoms with Gasteiger partial charge in [0.15, 0.2) is 5.78 Å². The van der Waals surface area contributed by atoms with Gasteiger partial charge in [-0.05, 0) is 53.4 Å². The number of ketones is 1. The van der Waals surface area contributed by atoms with E-state index in [2.05, 4.69) is 63.4 Å². The third-order valence-corrected chi connectivity index (χ3v) is 5.81.